The van der Waals surface area contributed by atoms with Crippen LogP contribution in [0.15, 0.2) is 69.9 Å². The van der Waals surface area contributed by atoms with E-state index in [1.807, 2.05) is 18.2 Å². The minimum atomic E-state index is -0.405. The zero-order valence-electron chi connectivity index (χ0n) is 16.4. The Balaban J connectivity index is 1.70. The van der Waals surface area contributed by atoms with Crippen molar-refractivity contribution in [2.75, 3.05) is 7.11 Å². The molecule has 1 heterocycles. The van der Waals surface area contributed by atoms with Gasteiger partial charge in [-0.2, -0.15) is 0 Å². The van der Waals surface area contributed by atoms with E-state index >= 15 is 0 Å². The first kappa shape index (κ1) is 20.0. The first-order chi connectivity index (χ1) is 14.5. The minimum absolute atomic E-state index is 0.147. The van der Waals surface area contributed by atoms with Crippen molar-refractivity contribution < 1.29 is 18.3 Å². The molecule has 0 atom stereocenters. The summed E-state index contributed by atoms with van der Waals surface area (Å²) in [5.74, 6) is 1.19. The molecule has 152 valence electrons. The summed E-state index contributed by atoms with van der Waals surface area (Å²) < 4.78 is 30.3. The summed E-state index contributed by atoms with van der Waals surface area (Å²) in [6, 6.07) is 16.5. The van der Waals surface area contributed by atoms with Crippen LogP contribution in [-0.4, -0.2) is 7.11 Å². The molecule has 4 aromatic rings. The van der Waals surface area contributed by atoms with E-state index in [4.69, 9.17) is 25.5 Å². The van der Waals surface area contributed by atoms with E-state index in [1.54, 1.807) is 44.4 Å². The van der Waals surface area contributed by atoms with Crippen LogP contribution in [0, 0.1) is 12.7 Å². The van der Waals surface area contributed by atoms with Crippen LogP contribution in [0.1, 0.15) is 11.3 Å². The number of benzene rings is 3. The molecule has 6 heteroatoms. The fraction of sp³-hybridized carbons (Fsp3) is 0.125. The zero-order valence-corrected chi connectivity index (χ0v) is 17.1. The summed E-state index contributed by atoms with van der Waals surface area (Å²) in [6.07, 6.45) is 0. The van der Waals surface area contributed by atoms with Crippen molar-refractivity contribution in [1.82, 2.24) is 0 Å². The van der Waals surface area contributed by atoms with Gasteiger partial charge in [-0.05, 0) is 37.3 Å². The van der Waals surface area contributed by atoms with E-state index in [-0.39, 0.29) is 12.0 Å². The van der Waals surface area contributed by atoms with E-state index in [0.29, 0.717) is 49.9 Å². The smallest absolute Gasteiger partial charge is 0.200 e. The molecule has 0 bridgehead atoms. The lowest BCUT2D eigenvalue weighted by Gasteiger charge is -2.12. The highest BCUT2D eigenvalue weighted by Gasteiger charge is 2.17. The lowest BCUT2D eigenvalue weighted by molar-refractivity contribution is 0.306. The van der Waals surface area contributed by atoms with Crippen LogP contribution >= 0.6 is 11.6 Å². The number of hydrogen-bond donors (Lipinski definition) is 0. The predicted molar refractivity (Wildman–Crippen MR) is 115 cm³/mol. The Labute approximate surface area is 177 Å². The van der Waals surface area contributed by atoms with Crippen molar-refractivity contribution in [1.29, 1.82) is 0 Å². The second-order valence-electron chi connectivity index (χ2n) is 6.75. The molecular weight excluding hydrogens is 407 g/mol. The first-order valence-electron chi connectivity index (χ1n) is 9.25. The maximum atomic E-state index is 13.2. The average molecular weight is 425 g/mol. The maximum absolute atomic E-state index is 13.2. The Morgan fingerprint density at radius 3 is 2.63 bits per heavy atom. The maximum Gasteiger partial charge on any atom is 0.200 e. The SMILES string of the molecule is COc1ccccc1-c1c(C)oc2cc(OCc3ccc(F)cc3Cl)ccc2c1=O. The molecule has 4 nitrogen and oxygen atoms in total. The highest BCUT2D eigenvalue weighted by atomic mass is 35.5. The molecule has 0 saturated carbocycles. The van der Waals surface area contributed by atoms with Crippen LogP contribution in [0.4, 0.5) is 4.39 Å². The van der Waals surface area contributed by atoms with E-state index < -0.39 is 5.82 Å². The van der Waals surface area contributed by atoms with Gasteiger partial charge in [0.05, 0.1) is 23.1 Å². The standard InChI is InChI=1S/C24H18ClFO4/c1-14-23(18-5-3-4-6-21(18)28-2)24(27)19-10-9-17(12-22(19)30-14)29-13-15-7-8-16(26)11-20(15)25/h3-12H,13H2,1-2H3. The Bertz CT molecular complexity index is 1300. The third-order valence-electron chi connectivity index (χ3n) is 4.83. The van der Waals surface area contributed by atoms with Crippen molar-refractivity contribution in [3.63, 3.8) is 0 Å². The fourth-order valence-electron chi connectivity index (χ4n) is 3.34. The summed E-state index contributed by atoms with van der Waals surface area (Å²) in [4.78, 5) is 13.2. The second kappa shape index (κ2) is 8.20. The lowest BCUT2D eigenvalue weighted by atomic mass is 10.0. The third kappa shape index (κ3) is 3.76. The molecule has 0 aliphatic heterocycles. The van der Waals surface area contributed by atoms with E-state index in [1.165, 1.54) is 12.1 Å². The van der Waals surface area contributed by atoms with Gasteiger partial charge in [-0.1, -0.05) is 35.9 Å². The van der Waals surface area contributed by atoms with Crippen LogP contribution < -0.4 is 14.9 Å². The van der Waals surface area contributed by atoms with Gasteiger partial charge in [-0.3, -0.25) is 4.79 Å². The summed E-state index contributed by atoms with van der Waals surface area (Å²) in [5, 5.41) is 0.730. The van der Waals surface area contributed by atoms with Crippen molar-refractivity contribution in [2.45, 2.75) is 13.5 Å². The molecule has 0 radical (unpaired) electrons. The minimum Gasteiger partial charge on any atom is -0.496 e. The normalized spacial score (nSPS) is 10.9. The predicted octanol–water partition coefficient (Wildman–Crippen LogP) is 6.15. The molecule has 0 N–H and O–H groups in total. The molecule has 0 spiro atoms. The topological polar surface area (TPSA) is 48.7 Å². The molecule has 3 aromatic carbocycles. The van der Waals surface area contributed by atoms with Crippen LogP contribution in [0.5, 0.6) is 11.5 Å². The summed E-state index contributed by atoms with van der Waals surface area (Å²) in [6.45, 7) is 1.90. The van der Waals surface area contributed by atoms with Gasteiger partial charge in [0.2, 0.25) is 5.43 Å². The van der Waals surface area contributed by atoms with Crippen molar-refractivity contribution >= 4 is 22.6 Å². The second-order valence-corrected chi connectivity index (χ2v) is 7.15. The van der Waals surface area contributed by atoms with Crippen molar-refractivity contribution in [3.8, 4) is 22.6 Å². The number of aryl methyl sites for hydroxylation is 1. The van der Waals surface area contributed by atoms with Crippen LogP contribution in [0.25, 0.3) is 22.1 Å². The molecule has 0 saturated heterocycles. The number of methoxy groups -OCH3 is 1. The molecular formula is C24H18ClFO4. The number of para-hydroxylation sites is 1. The molecule has 0 aliphatic rings. The van der Waals surface area contributed by atoms with Gasteiger partial charge >= 0.3 is 0 Å². The van der Waals surface area contributed by atoms with Crippen LogP contribution in [0.3, 0.4) is 0 Å². The number of halogens is 2. The van der Waals surface area contributed by atoms with Crippen LogP contribution in [0.2, 0.25) is 5.02 Å². The highest BCUT2D eigenvalue weighted by Crippen LogP contribution is 2.32. The Morgan fingerprint density at radius 1 is 1.07 bits per heavy atom. The van der Waals surface area contributed by atoms with Gasteiger partial charge < -0.3 is 13.9 Å². The largest absolute Gasteiger partial charge is 0.496 e. The molecule has 0 fully saturated rings. The summed E-state index contributed by atoms with van der Waals surface area (Å²) in [7, 11) is 1.56. The van der Waals surface area contributed by atoms with E-state index in [9.17, 15) is 9.18 Å². The lowest BCUT2D eigenvalue weighted by Crippen LogP contribution is -2.08. The Morgan fingerprint density at radius 2 is 1.87 bits per heavy atom. The van der Waals surface area contributed by atoms with Gasteiger partial charge in [0, 0.05) is 17.2 Å². The molecule has 4 rings (SSSR count). The van der Waals surface area contributed by atoms with Gasteiger partial charge in [0.25, 0.3) is 0 Å². The van der Waals surface area contributed by atoms with Gasteiger partial charge in [0.15, 0.2) is 0 Å². The quantitative estimate of drug-likeness (QED) is 0.385. The van der Waals surface area contributed by atoms with Crippen molar-refractivity contribution in [3.05, 3.63) is 93.1 Å². The van der Waals surface area contributed by atoms with Gasteiger partial charge in [0.1, 0.15) is 35.3 Å². The van der Waals surface area contributed by atoms with Crippen molar-refractivity contribution in [2.24, 2.45) is 0 Å². The number of ether oxygens (including phenoxy) is 2. The molecule has 30 heavy (non-hydrogen) atoms. The molecule has 0 amide bonds. The molecule has 0 aliphatic carbocycles. The molecule has 0 unspecified atom stereocenters. The zero-order chi connectivity index (χ0) is 21.3. The number of hydrogen-bond acceptors (Lipinski definition) is 4. The molecule has 1 aromatic heterocycles. The van der Waals surface area contributed by atoms with E-state index in [0.717, 1.165) is 0 Å². The summed E-state index contributed by atoms with van der Waals surface area (Å²) in [5.41, 5.74) is 2.07. The average Bonchev–Trinajstić information content (AvgIpc) is 2.73. The van der Waals surface area contributed by atoms with Crippen LogP contribution in [-0.2, 0) is 6.61 Å². The fourth-order valence-corrected chi connectivity index (χ4v) is 3.56. The summed E-state index contributed by atoms with van der Waals surface area (Å²) >= 11 is 6.04. The Kier molecular flexibility index (Phi) is 5.46. The third-order valence-corrected chi connectivity index (χ3v) is 5.18. The Hall–Kier alpha value is -3.31. The van der Waals surface area contributed by atoms with Gasteiger partial charge in [-0.25, -0.2) is 4.39 Å². The highest BCUT2D eigenvalue weighted by molar-refractivity contribution is 6.31. The number of fused-ring (bicyclic) bond motifs is 1. The van der Waals surface area contributed by atoms with Gasteiger partial charge in [-0.15, -0.1) is 0 Å². The number of rotatable bonds is 5. The first-order valence-corrected chi connectivity index (χ1v) is 9.63. The van der Waals surface area contributed by atoms with E-state index in [2.05, 4.69) is 0 Å². The monoisotopic (exact) mass is 424 g/mol.